The van der Waals surface area contributed by atoms with Crippen LogP contribution in [0.5, 0.6) is 0 Å². The van der Waals surface area contributed by atoms with Gasteiger partial charge in [-0.25, -0.2) is 4.98 Å². The van der Waals surface area contributed by atoms with E-state index in [4.69, 9.17) is 9.47 Å². The maximum atomic E-state index is 11.6. The quantitative estimate of drug-likeness (QED) is 0.760. The number of methoxy groups -OCH3 is 1. The van der Waals surface area contributed by atoms with Gasteiger partial charge in [-0.3, -0.25) is 10.1 Å². The molecule has 1 aromatic heterocycles. The first-order valence-electron chi connectivity index (χ1n) is 6.27. The Kier molecular flexibility index (Phi) is 6.31. The first kappa shape index (κ1) is 16.1. The lowest BCUT2D eigenvalue weighted by molar-refractivity contribution is -0.121. The number of thiazole rings is 1. The predicted molar refractivity (Wildman–Crippen MR) is 86.6 cm³/mol. The van der Waals surface area contributed by atoms with Crippen molar-refractivity contribution in [3.05, 3.63) is 34.1 Å². The van der Waals surface area contributed by atoms with E-state index in [-0.39, 0.29) is 12.5 Å². The summed E-state index contributed by atoms with van der Waals surface area (Å²) in [4.78, 5) is 16.0. The van der Waals surface area contributed by atoms with Crippen molar-refractivity contribution in [3.63, 3.8) is 0 Å². The van der Waals surface area contributed by atoms with Crippen molar-refractivity contribution in [2.75, 3.05) is 32.2 Å². The average Bonchev–Trinajstić information content (AvgIpc) is 2.93. The van der Waals surface area contributed by atoms with Gasteiger partial charge < -0.3 is 9.47 Å². The maximum absolute atomic E-state index is 11.6. The third-order valence-corrected chi connectivity index (χ3v) is 3.84. The highest BCUT2D eigenvalue weighted by atomic mass is 79.9. The van der Waals surface area contributed by atoms with Gasteiger partial charge in [-0.05, 0) is 12.1 Å². The molecule has 1 aromatic carbocycles. The Balaban J connectivity index is 1.88. The van der Waals surface area contributed by atoms with Crippen LogP contribution in [0.4, 0.5) is 5.13 Å². The number of hydrogen-bond donors (Lipinski definition) is 1. The number of benzene rings is 1. The fourth-order valence-corrected chi connectivity index (χ4v) is 2.55. The molecule has 112 valence electrons. The molecule has 7 heteroatoms. The summed E-state index contributed by atoms with van der Waals surface area (Å²) < 4.78 is 11.0. The number of nitrogens with one attached hydrogen (secondary N) is 1. The van der Waals surface area contributed by atoms with Gasteiger partial charge in [-0.1, -0.05) is 28.1 Å². The summed E-state index contributed by atoms with van der Waals surface area (Å²) in [5.74, 6) is -0.220. The summed E-state index contributed by atoms with van der Waals surface area (Å²) >= 11 is 4.78. The average molecular weight is 371 g/mol. The van der Waals surface area contributed by atoms with E-state index in [1.807, 2.05) is 29.6 Å². The first-order valence-corrected chi connectivity index (χ1v) is 7.94. The van der Waals surface area contributed by atoms with Crippen molar-refractivity contribution >= 4 is 38.3 Å². The van der Waals surface area contributed by atoms with Crippen LogP contribution in [0.2, 0.25) is 0 Å². The Morgan fingerprint density at radius 1 is 1.33 bits per heavy atom. The lowest BCUT2D eigenvalue weighted by Crippen LogP contribution is -2.19. The van der Waals surface area contributed by atoms with Gasteiger partial charge in [0.15, 0.2) is 5.13 Å². The lowest BCUT2D eigenvalue weighted by Gasteiger charge is -2.03. The zero-order chi connectivity index (χ0) is 15.1. The van der Waals surface area contributed by atoms with Crippen molar-refractivity contribution in [3.8, 4) is 11.3 Å². The van der Waals surface area contributed by atoms with Crippen LogP contribution in [-0.4, -0.2) is 37.8 Å². The van der Waals surface area contributed by atoms with Crippen molar-refractivity contribution < 1.29 is 14.3 Å². The van der Waals surface area contributed by atoms with Crippen LogP contribution in [-0.2, 0) is 14.3 Å². The second-order valence-electron chi connectivity index (χ2n) is 4.14. The number of amides is 1. The van der Waals surface area contributed by atoms with Crippen LogP contribution in [0.3, 0.4) is 0 Å². The molecule has 0 unspecified atom stereocenters. The van der Waals surface area contributed by atoms with Crippen LogP contribution in [0.15, 0.2) is 34.1 Å². The minimum Gasteiger partial charge on any atom is -0.382 e. The van der Waals surface area contributed by atoms with Crippen LogP contribution in [0, 0.1) is 0 Å². The molecule has 1 amide bonds. The molecule has 1 N–H and O–H groups in total. The highest BCUT2D eigenvalue weighted by Gasteiger charge is 2.08. The number of halogens is 1. The second-order valence-corrected chi connectivity index (χ2v) is 5.91. The highest BCUT2D eigenvalue weighted by molar-refractivity contribution is 9.10. The molecule has 5 nitrogen and oxygen atoms in total. The number of aromatic nitrogens is 1. The fraction of sp³-hybridized carbons (Fsp3) is 0.286. The molecular weight excluding hydrogens is 356 g/mol. The highest BCUT2D eigenvalue weighted by Crippen LogP contribution is 2.25. The summed E-state index contributed by atoms with van der Waals surface area (Å²) in [6.07, 6.45) is 0. The van der Waals surface area contributed by atoms with Gasteiger partial charge in [-0.15, -0.1) is 11.3 Å². The normalized spacial score (nSPS) is 10.6. The molecule has 1 heterocycles. The Bertz CT molecular complexity index is 586. The largest absolute Gasteiger partial charge is 0.382 e. The number of nitrogens with zero attached hydrogens (tertiary/aromatic N) is 1. The van der Waals surface area contributed by atoms with Gasteiger partial charge in [0.25, 0.3) is 5.91 Å². The van der Waals surface area contributed by atoms with Gasteiger partial charge >= 0.3 is 0 Å². The lowest BCUT2D eigenvalue weighted by atomic mass is 10.2. The van der Waals surface area contributed by atoms with Gasteiger partial charge in [0, 0.05) is 22.5 Å². The molecule has 0 spiro atoms. The molecule has 2 rings (SSSR count). The molecule has 0 saturated carbocycles. The Hall–Kier alpha value is -1.28. The predicted octanol–water partition coefficient (Wildman–Crippen LogP) is 3.17. The van der Waals surface area contributed by atoms with E-state index < -0.39 is 0 Å². The van der Waals surface area contributed by atoms with E-state index in [1.165, 1.54) is 11.3 Å². The van der Waals surface area contributed by atoms with Gasteiger partial charge in [0.05, 0.1) is 18.9 Å². The summed E-state index contributed by atoms with van der Waals surface area (Å²) in [6, 6.07) is 7.85. The van der Waals surface area contributed by atoms with Gasteiger partial charge in [0.1, 0.15) is 6.61 Å². The van der Waals surface area contributed by atoms with Crippen molar-refractivity contribution in [2.24, 2.45) is 0 Å². The molecule has 0 fully saturated rings. The first-order chi connectivity index (χ1) is 10.2. The number of ether oxygens (including phenoxy) is 2. The third kappa shape index (κ3) is 5.20. The molecule has 0 aliphatic carbocycles. The zero-order valence-electron chi connectivity index (χ0n) is 11.5. The Morgan fingerprint density at radius 3 is 2.81 bits per heavy atom. The van der Waals surface area contributed by atoms with E-state index in [0.29, 0.717) is 18.3 Å². The molecule has 0 aliphatic rings. The molecular formula is C14H15BrN2O3S. The van der Waals surface area contributed by atoms with Crippen molar-refractivity contribution in [1.82, 2.24) is 4.98 Å². The molecule has 2 aromatic rings. The van der Waals surface area contributed by atoms with E-state index in [9.17, 15) is 4.79 Å². The van der Waals surface area contributed by atoms with Gasteiger partial charge in [-0.2, -0.15) is 0 Å². The van der Waals surface area contributed by atoms with Crippen LogP contribution >= 0.6 is 27.3 Å². The SMILES string of the molecule is COCCOCC(=O)Nc1nc(-c2ccc(Br)cc2)cs1. The van der Waals surface area contributed by atoms with E-state index in [0.717, 1.165) is 15.7 Å². The molecule has 0 aliphatic heterocycles. The zero-order valence-corrected chi connectivity index (χ0v) is 13.9. The van der Waals surface area contributed by atoms with E-state index in [2.05, 4.69) is 26.2 Å². The van der Waals surface area contributed by atoms with Gasteiger partial charge in [0.2, 0.25) is 0 Å². The third-order valence-electron chi connectivity index (χ3n) is 2.56. The van der Waals surface area contributed by atoms with E-state index >= 15 is 0 Å². The van der Waals surface area contributed by atoms with Crippen LogP contribution < -0.4 is 5.32 Å². The fourth-order valence-electron chi connectivity index (χ4n) is 1.55. The Labute approximate surface area is 135 Å². The monoisotopic (exact) mass is 370 g/mol. The number of hydrogen-bond acceptors (Lipinski definition) is 5. The number of rotatable bonds is 7. The Morgan fingerprint density at radius 2 is 2.10 bits per heavy atom. The summed E-state index contributed by atoms with van der Waals surface area (Å²) in [5, 5.41) is 5.18. The number of carbonyl (C=O) groups is 1. The smallest absolute Gasteiger partial charge is 0.252 e. The molecule has 0 saturated heterocycles. The molecule has 0 radical (unpaired) electrons. The molecule has 21 heavy (non-hydrogen) atoms. The summed E-state index contributed by atoms with van der Waals surface area (Å²) in [7, 11) is 1.59. The van der Waals surface area contributed by atoms with Crippen molar-refractivity contribution in [2.45, 2.75) is 0 Å². The van der Waals surface area contributed by atoms with E-state index in [1.54, 1.807) is 7.11 Å². The minimum atomic E-state index is -0.220. The van der Waals surface area contributed by atoms with Crippen LogP contribution in [0.25, 0.3) is 11.3 Å². The maximum Gasteiger partial charge on any atom is 0.252 e. The summed E-state index contributed by atoms with van der Waals surface area (Å²) in [6.45, 7) is 0.862. The molecule has 0 atom stereocenters. The second kappa shape index (κ2) is 8.23. The van der Waals surface area contributed by atoms with Crippen LogP contribution in [0.1, 0.15) is 0 Å². The number of anilines is 1. The minimum absolute atomic E-state index is 0.00342. The van der Waals surface area contributed by atoms with Crippen molar-refractivity contribution in [1.29, 1.82) is 0 Å². The standard InChI is InChI=1S/C14H15BrN2O3S/c1-19-6-7-20-8-13(18)17-14-16-12(9-21-14)10-2-4-11(15)5-3-10/h2-5,9H,6-8H2,1H3,(H,16,17,18). The number of carbonyl (C=O) groups excluding carboxylic acids is 1. The topological polar surface area (TPSA) is 60.5 Å². The summed E-state index contributed by atoms with van der Waals surface area (Å²) in [5.41, 5.74) is 1.84. The molecule has 0 bridgehead atoms.